The highest BCUT2D eigenvalue weighted by atomic mass is 32.2. The lowest BCUT2D eigenvalue weighted by molar-refractivity contribution is -0.118. The number of nitrogens with one attached hydrogen (secondary N) is 1. The molecule has 1 aliphatic rings. The summed E-state index contributed by atoms with van der Waals surface area (Å²) >= 11 is 1.36. The SMILES string of the molecule is COc1ccccc1-n1cnnc1SCC(=O)NCC1(c2ccccc2)CC1. The molecule has 0 aliphatic heterocycles. The molecule has 4 rings (SSSR count). The van der Waals surface area contributed by atoms with E-state index in [0.29, 0.717) is 17.5 Å². The lowest BCUT2D eigenvalue weighted by Gasteiger charge is -2.16. The van der Waals surface area contributed by atoms with E-state index in [4.69, 9.17) is 4.74 Å². The number of amides is 1. The van der Waals surface area contributed by atoms with Gasteiger partial charge < -0.3 is 10.1 Å². The normalized spacial score (nSPS) is 14.5. The van der Waals surface area contributed by atoms with Crippen LogP contribution < -0.4 is 10.1 Å². The Morgan fingerprint density at radius 3 is 2.68 bits per heavy atom. The van der Waals surface area contributed by atoms with Crippen LogP contribution in [0.5, 0.6) is 5.75 Å². The molecule has 0 atom stereocenters. The molecule has 0 spiro atoms. The van der Waals surface area contributed by atoms with Crippen molar-refractivity contribution in [3.05, 3.63) is 66.5 Å². The Labute approximate surface area is 168 Å². The van der Waals surface area contributed by atoms with E-state index in [-0.39, 0.29) is 11.3 Å². The van der Waals surface area contributed by atoms with Gasteiger partial charge in [-0.3, -0.25) is 9.36 Å². The fraction of sp³-hybridized carbons (Fsp3) is 0.286. The lowest BCUT2D eigenvalue weighted by Crippen LogP contribution is -2.33. The number of aromatic nitrogens is 3. The first-order valence-electron chi connectivity index (χ1n) is 9.20. The summed E-state index contributed by atoms with van der Waals surface area (Å²) < 4.78 is 7.25. The molecule has 0 saturated heterocycles. The van der Waals surface area contributed by atoms with Crippen LogP contribution in [0.15, 0.2) is 66.1 Å². The van der Waals surface area contributed by atoms with Gasteiger partial charge in [-0.2, -0.15) is 0 Å². The first-order valence-corrected chi connectivity index (χ1v) is 10.2. The molecular formula is C21H22N4O2S. The monoisotopic (exact) mass is 394 g/mol. The smallest absolute Gasteiger partial charge is 0.230 e. The van der Waals surface area contributed by atoms with Crippen LogP contribution in [0.4, 0.5) is 0 Å². The first-order chi connectivity index (χ1) is 13.7. The van der Waals surface area contributed by atoms with E-state index >= 15 is 0 Å². The molecule has 1 heterocycles. The Morgan fingerprint density at radius 1 is 1.18 bits per heavy atom. The van der Waals surface area contributed by atoms with E-state index in [1.54, 1.807) is 13.4 Å². The van der Waals surface area contributed by atoms with Crippen molar-refractivity contribution >= 4 is 17.7 Å². The van der Waals surface area contributed by atoms with Gasteiger partial charge >= 0.3 is 0 Å². The second-order valence-corrected chi connectivity index (χ2v) is 7.81. The summed E-state index contributed by atoms with van der Waals surface area (Å²) in [4.78, 5) is 12.4. The van der Waals surface area contributed by atoms with E-state index in [0.717, 1.165) is 24.3 Å². The van der Waals surface area contributed by atoms with Gasteiger partial charge in [0.25, 0.3) is 0 Å². The number of hydrogen-bond donors (Lipinski definition) is 1. The maximum absolute atomic E-state index is 12.4. The summed E-state index contributed by atoms with van der Waals surface area (Å²) in [5.41, 5.74) is 2.26. The summed E-state index contributed by atoms with van der Waals surface area (Å²) in [6, 6.07) is 18.1. The van der Waals surface area contributed by atoms with Crippen LogP contribution in [0, 0.1) is 0 Å². The average Bonchev–Trinajstić information content (AvgIpc) is 3.40. The van der Waals surface area contributed by atoms with Gasteiger partial charge in [0.1, 0.15) is 12.1 Å². The molecule has 0 bridgehead atoms. The Morgan fingerprint density at radius 2 is 1.93 bits per heavy atom. The number of methoxy groups -OCH3 is 1. The Balaban J connectivity index is 1.36. The minimum absolute atomic E-state index is 0.00165. The lowest BCUT2D eigenvalue weighted by atomic mass is 9.96. The molecule has 1 aliphatic carbocycles. The topological polar surface area (TPSA) is 69.0 Å². The summed E-state index contributed by atoms with van der Waals surface area (Å²) in [7, 11) is 1.63. The van der Waals surface area contributed by atoms with Gasteiger partial charge in [0.2, 0.25) is 5.91 Å². The molecule has 0 unspecified atom stereocenters. The Kier molecular flexibility index (Phi) is 5.34. The fourth-order valence-electron chi connectivity index (χ4n) is 3.28. The minimum Gasteiger partial charge on any atom is -0.495 e. The third kappa shape index (κ3) is 3.89. The van der Waals surface area contributed by atoms with Crippen LogP contribution in [0.3, 0.4) is 0 Å². The molecule has 1 amide bonds. The molecule has 1 N–H and O–H groups in total. The van der Waals surface area contributed by atoms with E-state index < -0.39 is 0 Å². The number of carbonyl (C=O) groups excluding carboxylic acids is 1. The van der Waals surface area contributed by atoms with Crippen molar-refractivity contribution in [2.75, 3.05) is 19.4 Å². The summed E-state index contributed by atoms with van der Waals surface area (Å²) in [5.74, 6) is 1.02. The third-order valence-corrected chi connectivity index (χ3v) is 6.00. The number of thioether (sulfide) groups is 1. The number of nitrogens with zero attached hydrogens (tertiary/aromatic N) is 3. The molecule has 2 aromatic carbocycles. The molecule has 1 aromatic heterocycles. The number of benzene rings is 2. The maximum atomic E-state index is 12.4. The third-order valence-electron chi connectivity index (χ3n) is 5.06. The average molecular weight is 395 g/mol. The largest absolute Gasteiger partial charge is 0.495 e. The van der Waals surface area contributed by atoms with Gasteiger partial charge in [-0.05, 0) is 30.5 Å². The molecule has 144 valence electrons. The van der Waals surface area contributed by atoms with Gasteiger partial charge in [-0.25, -0.2) is 0 Å². The zero-order valence-corrected chi connectivity index (χ0v) is 16.5. The maximum Gasteiger partial charge on any atom is 0.230 e. The van der Waals surface area contributed by atoms with E-state index in [2.05, 4.69) is 39.8 Å². The molecular weight excluding hydrogens is 372 g/mol. The summed E-state index contributed by atoms with van der Waals surface area (Å²) in [6.45, 7) is 0.676. The molecule has 1 saturated carbocycles. The first kappa shape index (κ1) is 18.6. The van der Waals surface area contributed by atoms with E-state index in [1.807, 2.05) is 34.9 Å². The van der Waals surface area contributed by atoms with Crippen molar-refractivity contribution < 1.29 is 9.53 Å². The van der Waals surface area contributed by atoms with Gasteiger partial charge in [0.15, 0.2) is 5.16 Å². The van der Waals surface area contributed by atoms with Gasteiger partial charge in [0.05, 0.1) is 18.6 Å². The second-order valence-electron chi connectivity index (χ2n) is 6.87. The highest BCUT2D eigenvalue weighted by molar-refractivity contribution is 7.99. The quantitative estimate of drug-likeness (QED) is 0.594. The van der Waals surface area contributed by atoms with Crippen molar-refractivity contribution in [2.45, 2.75) is 23.4 Å². The van der Waals surface area contributed by atoms with Crippen molar-refractivity contribution in [3.8, 4) is 11.4 Å². The van der Waals surface area contributed by atoms with E-state index in [9.17, 15) is 4.79 Å². The summed E-state index contributed by atoms with van der Waals surface area (Å²) in [5, 5.41) is 11.9. The van der Waals surface area contributed by atoms with Crippen LogP contribution in [-0.2, 0) is 10.2 Å². The standard InChI is InChI=1S/C21H22N4O2S/c1-27-18-10-6-5-9-17(18)25-15-23-24-20(25)28-13-19(26)22-14-21(11-12-21)16-7-3-2-4-8-16/h2-10,15H,11-14H2,1H3,(H,22,26). The van der Waals surface area contributed by atoms with E-state index in [1.165, 1.54) is 17.3 Å². The Hall–Kier alpha value is -2.80. The number of hydrogen-bond acceptors (Lipinski definition) is 5. The van der Waals surface area contributed by atoms with Crippen molar-refractivity contribution in [3.63, 3.8) is 0 Å². The van der Waals surface area contributed by atoms with Crippen LogP contribution in [0.1, 0.15) is 18.4 Å². The van der Waals surface area contributed by atoms with Crippen molar-refractivity contribution in [2.24, 2.45) is 0 Å². The van der Waals surface area contributed by atoms with Crippen LogP contribution >= 0.6 is 11.8 Å². The molecule has 0 radical (unpaired) electrons. The number of carbonyl (C=O) groups is 1. The number of rotatable bonds is 8. The van der Waals surface area contributed by atoms with Crippen LogP contribution in [0.25, 0.3) is 5.69 Å². The van der Waals surface area contributed by atoms with Crippen molar-refractivity contribution in [1.29, 1.82) is 0 Å². The zero-order valence-electron chi connectivity index (χ0n) is 15.7. The molecule has 7 heteroatoms. The fourth-order valence-corrected chi connectivity index (χ4v) is 4.03. The number of ether oxygens (including phenoxy) is 1. The second kappa shape index (κ2) is 8.06. The van der Waals surface area contributed by atoms with Gasteiger partial charge in [-0.1, -0.05) is 54.2 Å². The van der Waals surface area contributed by atoms with Crippen LogP contribution in [-0.4, -0.2) is 40.1 Å². The number of para-hydroxylation sites is 2. The minimum atomic E-state index is 0.00165. The molecule has 1 fully saturated rings. The molecule has 6 nitrogen and oxygen atoms in total. The van der Waals surface area contributed by atoms with Gasteiger partial charge in [-0.15, -0.1) is 10.2 Å². The van der Waals surface area contributed by atoms with Crippen LogP contribution in [0.2, 0.25) is 0 Å². The van der Waals surface area contributed by atoms with Crippen molar-refractivity contribution in [1.82, 2.24) is 20.1 Å². The predicted octanol–water partition coefficient (Wildman–Crippen LogP) is 3.22. The van der Waals surface area contributed by atoms with Gasteiger partial charge in [0, 0.05) is 12.0 Å². The molecule has 3 aromatic rings. The highest BCUT2D eigenvalue weighted by Crippen LogP contribution is 2.47. The zero-order chi connectivity index (χ0) is 19.4. The summed E-state index contributed by atoms with van der Waals surface area (Å²) in [6.07, 6.45) is 3.87. The predicted molar refractivity (Wildman–Crippen MR) is 109 cm³/mol. The highest BCUT2D eigenvalue weighted by Gasteiger charge is 2.44. The molecule has 28 heavy (non-hydrogen) atoms. The Bertz CT molecular complexity index is 954.